The molecule has 0 aliphatic carbocycles. The minimum atomic E-state index is -0.136. The molecule has 0 saturated carbocycles. The van der Waals surface area contributed by atoms with Gasteiger partial charge >= 0.3 is 0 Å². The Morgan fingerprint density at radius 1 is 1.25 bits per heavy atom. The maximum atomic E-state index is 12.1. The molecule has 0 fully saturated rings. The second-order valence-electron chi connectivity index (χ2n) is 5.10. The molecule has 1 heterocycles. The topological polar surface area (TPSA) is 34.4 Å². The first-order valence-electron chi connectivity index (χ1n) is 7.24. The highest BCUT2D eigenvalue weighted by atomic mass is 35.5. The van der Waals surface area contributed by atoms with Gasteiger partial charge in [0.2, 0.25) is 5.91 Å². The van der Waals surface area contributed by atoms with Gasteiger partial charge in [-0.1, -0.05) is 52.7 Å². The van der Waals surface area contributed by atoms with Crippen molar-refractivity contribution in [1.29, 1.82) is 0 Å². The third-order valence-electron chi connectivity index (χ3n) is 3.36. The summed E-state index contributed by atoms with van der Waals surface area (Å²) >= 11 is 15.3. The lowest BCUT2D eigenvalue weighted by Gasteiger charge is -2.00. The van der Waals surface area contributed by atoms with Gasteiger partial charge in [0.25, 0.3) is 0 Å². The summed E-state index contributed by atoms with van der Waals surface area (Å²) in [5, 5.41) is 1.14. The molecule has 3 aromatic rings. The van der Waals surface area contributed by atoms with E-state index in [1.54, 1.807) is 17.8 Å². The van der Waals surface area contributed by atoms with Gasteiger partial charge in [0, 0.05) is 29.1 Å². The summed E-state index contributed by atoms with van der Waals surface area (Å²) in [6.07, 6.45) is 0.391. The molecule has 0 aliphatic rings. The largest absolute Gasteiger partial charge is 0.318 e. The lowest BCUT2D eigenvalue weighted by molar-refractivity contribution is -0.117. The highest BCUT2D eigenvalue weighted by Gasteiger charge is 2.10. The van der Waals surface area contributed by atoms with Crippen molar-refractivity contribution in [3.8, 4) is 0 Å². The Balaban J connectivity index is 1.76. The van der Waals surface area contributed by atoms with Gasteiger partial charge in [0.05, 0.1) is 15.2 Å². The predicted octanol–water partition coefficient (Wildman–Crippen LogP) is 5.16. The monoisotopic (exact) mass is 396 g/mol. The summed E-state index contributed by atoms with van der Waals surface area (Å²) in [5.41, 5.74) is 0.844. The Kier molecular flexibility index (Phi) is 5.66. The van der Waals surface area contributed by atoms with Gasteiger partial charge < -0.3 is 4.57 Å². The fourth-order valence-electron chi connectivity index (χ4n) is 2.24. The number of hydrogen-bond donors (Lipinski definition) is 0. The molecule has 1 aromatic heterocycles. The molecule has 1 amide bonds. The lowest BCUT2D eigenvalue weighted by Crippen LogP contribution is -2.13. The minimum Gasteiger partial charge on any atom is -0.318 e. The van der Waals surface area contributed by atoms with Crippen LogP contribution in [0.5, 0.6) is 0 Å². The number of halogens is 2. The molecular weight excluding hydrogens is 383 g/mol. The number of fused-ring (bicyclic) bond motifs is 1. The molecule has 0 atom stereocenters. The van der Waals surface area contributed by atoms with Crippen molar-refractivity contribution >= 4 is 62.4 Å². The van der Waals surface area contributed by atoms with Crippen molar-refractivity contribution in [2.75, 3.05) is 5.75 Å². The van der Waals surface area contributed by atoms with Crippen LogP contribution < -0.4 is 4.80 Å². The number of aryl methyl sites for hydroxylation is 1. The molecule has 0 radical (unpaired) electrons. The number of rotatable bonds is 4. The Morgan fingerprint density at radius 2 is 2.00 bits per heavy atom. The van der Waals surface area contributed by atoms with Crippen LogP contribution in [-0.2, 0) is 11.8 Å². The van der Waals surface area contributed by atoms with Crippen molar-refractivity contribution < 1.29 is 4.79 Å². The summed E-state index contributed by atoms with van der Waals surface area (Å²) in [7, 11) is 1.85. The molecule has 124 valence electrons. The van der Waals surface area contributed by atoms with E-state index in [4.69, 9.17) is 23.2 Å². The standard InChI is InChI=1S/C17H14Cl2N2OS2/c1-21-16-13(19)9-11(18)10-14(16)24-17(21)20-15(22)7-8-23-12-5-3-2-4-6-12/h2-6,9-10H,7-8H2,1H3. The van der Waals surface area contributed by atoms with E-state index < -0.39 is 0 Å². The fourth-order valence-corrected chi connectivity index (χ4v) is 4.95. The van der Waals surface area contributed by atoms with Gasteiger partial charge in [0.15, 0.2) is 4.80 Å². The molecule has 0 aliphatic heterocycles. The third-order valence-corrected chi connectivity index (χ3v) is 5.96. The summed E-state index contributed by atoms with van der Waals surface area (Å²) in [6, 6.07) is 13.5. The first kappa shape index (κ1) is 17.5. The smallest absolute Gasteiger partial charge is 0.249 e. The van der Waals surface area contributed by atoms with Crippen molar-refractivity contribution in [1.82, 2.24) is 4.57 Å². The normalized spacial score (nSPS) is 12.0. The van der Waals surface area contributed by atoms with Gasteiger partial charge in [-0.3, -0.25) is 4.79 Å². The molecular formula is C17H14Cl2N2OS2. The molecule has 0 unspecified atom stereocenters. The molecule has 3 rings (SSSR count). The van der Waals surface area contributed by atoms with Crippen molar-refractivity contribution in [2.45, 2.75) is 11.3 Å². The van der Waals surface area contributed by atoms with E-state index in [-0.39, 0.29) is 5.91 Å². The summed E-state index contributed by atoms with van der Waals surface area (Å²) in [4.78, 5) is 18.1. The van der Waals surface area contributed by atoms with Gasteiger partial charge in [0.1, 0.15) is 0 Å². The Bertz CT molecular complexity index is 948. The van der Waals surface area contributed by atoms with Crippen LogP contribution in [0.3, 0.4) is 0 Å². The van der Waals surface area contributed by atoms with Gasteiger partial charge in [-0.2, -0.15) is 4.99 Å². The molecule has 24 heavy (non-hydrogen) atoms. The van der Waals surface area contributed by atoms with Crippen molar-refractivity contribution in [2.24, 2.45) is 12.0 Å². The Labute approximate surface area is 157 Å². The fraction of sp³-hybridized carbons (Fsp3) is 0.176. The van der Waals surface area contributed by atoms with Crippen LogP contribution >= 0.6 is 46.3 Å². The lowest BCUT2D eigenvalue weighted by atomic mass is 10.3. The third kappa shape index (κ3) is 4.03. The Morgan fingerprint density at radius 3 is 2.75 bits per heavy atom. The predicted molar refractivity (Wildman–Crippen MR) is 103 cm³/mol. The SMILES string of the molecule is Cn1c(=NC(=O)CCSc2ccccc2)sc2cc(Cl)cc(Cl)c21. The second kappa shape index (κ2) is 7.74. The number of thioether (sulfide) groups is 1. The van der Waals surface area contributed by atoms with Crippen molar-refractivity contribution in [3.63, 3.8) is 0 Å². The zero-order valence-electron chi connectivity index (χ0n) is 12.8. The number of hydrogen-bond acceptors (Lipinski definition) is 3. The number of nitrogens with zero attached hydrogens (tertiary/aromatic N) is 2. The quantitative estimate of drug-likeness (QED) is 0.570. The van der Waals surface area contributed by atoms with Crippen LogP contribution in [0.25, 0.3) is 10.2 Å². The maximum absolute atomic E-state index is 12.1. The second-order valence-corrected chi connectivity index (χ2v) is 8.12. The summed E-state index contributed by atoms with van der Waals surface area (Å²) in [6.45, 7) is 0. The number of aromatic nitrogens is 1. The molecule has 2 aromatic carbocycles. The minimum absolute atomic E-state index is 0.136. The first-order valence-corrected chi connectivity index (χ1v) is 9.80. The van der Waals surface area contributed by atoms with E-state index in [9.17, 15) is 4.79 Å². The summed E-state index contributed by atoms with van der Waals surface area (Å²) < 4.78 is 2.75. The number of carbonyl (C=O) groups excluding carboxylic acids is 1. The molecule has 0 N–H and O–H groups in total. The van der Waals surface area contributed by atoms with Gasteiger partial charge in [-0.15, -0.1) is 11.8 Å². The maximum Gasteiger partial charge on any atom is 0.249 e. The first-order chi connectivity index (χ1) is 11.5. The van der Waals surface area contributed by atoms with Crippen LogP contribution in [0.4, 0.5) is 0 Å². The van der Waals surface area contributed by atoms with E-state index in [2.05, 4.69) is 4.99 Å². The molecule has 0 saturated heterocycles. The summed E-state index contributed by atoms with van der Waals surface area (Å²) in [5.74, 6) is 0.566. The van der Waals surface area contributed by atoms with E-state index >= 15 is 0 Å². The highest BCUT2D eigenvalue weighted by molar-refractivity contribution is 7.99. The van der Waals surface area contributed by atoms with Crippen molar-refractivity contribution in [3.05, 3.63) is 57.3 Å². The zero-order chi connectivity index (χ0) is 17.1. The number of thiazole rings is 1. The number of carbonyl (C=O) groups is 1. The average Bonchev–Trinajstić information content (AvgIpc) is 2.84. The zero-order valence-corrected chi connectivity index (χ0v) is 16.0. The van der Waals surface area contributed by atoms with Crippen LogP contribution in [0, 0.1) is 0 Å². The number of amides is 1. The molecule has 3 nitrogen and oxygen atoms in total. The average molecular weight is 397 g/mol. The van der Waals surface area contributed by atoms with Crippen LogP contribution in [-0.4, -0.2) is 16.2 Å². The van der Waals surface area contributed by atoms with Crippen LogP contribution in [0.15, 0.2) is 52.4 Å². The molecule has 7 heteroatoms. The van der Waals surface area contributed by atoms with Crippen LogP contribution in [0.2, 0.25) is 10.0 Å². The molecule has 0 bridgehead atoms. The van der Waals surface area contributed by atoms with E-state index in [1.807, 2.05) is 48.0 Å². The number of benzene rings is 2. The van der Waals surface area contributed by atoms with E-state index in [0.717, 1.165) is 15.1 Å². The highest BCUT2D eigenvalue weighted by Crippen LogP contribution is 2.29. The van der Waals surface area contributed by atoms with Gasteiger partial charge in [-0.05, 0) is 24.3 Å². The van der Waals surface area contributed by atoms with E-state index in [1.165, 1.54) is 11.3 Å². The molecule has 0 spiro atoms. The van der Waals surface area contributed by atoms with Crippen LogP contribution in [0.1, 0.15) is 6.42 Å². The van der Waals surface area contributed by atoms with Gasteiger partial charge in [-0.25, -0.2) is 0 Å². The van der Waals surface area contributed by atoms with E-state index in [0.29, 0.717) is 27.0 Å². The Hall–Kier alpha value is -1.27.